The van der Waals surface area contributed by atoms with E-state index in [1.807, 2.05) is 11.0 Å². The molecule has 1 N–H and O–H groups in total. The Morgan fingerprint density at radius 1 is 1.10 bits per heavy atom. The summed E-state index contributed by atoms with van der Waals surface area (Å²) in [5.41, 5.74) is 2.24. The molecule has 0 saturated heterocycles. The van der Waals surface area contributed by atoms with Crippen LogP contribution in [-0.2, 0) is 6.54 Å². The minimum atomic E-state index is -2.98. The van der Waals surface area contributed by atoms with Gasteiger partial charge in [0.05, 0.1) is 12.2 Å². The van der Waals surface area contributed by atoms with Gasteiger partial charge >= 0.3 is 12.6 Å². The lowest BCUT2D eigenvalue weighted by Crippen LogP contribution is -2.17. The fraction of sp³-hybridized carbons (Fsp3) is 0.182. The maximum absolute atomic E-state index is 12.7. The average molecular weight is 414 g/mol. The van der Waals surface area contributed by atoms with E-state index in [9.17, 15) is 18.7 Å². The number of hydrogen-bond donors (Lipinski definition) is 1. The van der Waals surface area contributed by atoms with Crippen LogP contribution in [0, 0.1) is 0 Å². The van der Waals surface area contributed by atoms with Crippen molar-refractivity contribution in [2.24, 2.45) is 0 Å². The molecule has 0 aliphatic heterocycles. The zero-order chi connectivity index (χ0) is 21.5. The van der Waals surface area contributed by atoms with Gasteiger partial charge in [0.25, 0.3) is 0 Å². The molecule has 6 nitrogen and oxygen atoms in total. The summed E-state index contributed by atoms with van der Waals surface area (Å²) in [6, 6.07) is 14.8. The number of halogens is 2. The highest BCUT2D eigenvalue weighted by Gasteiger charge is 2.17. The van der Waals surface area contributed by atoms with Crippen molar-refractivity contribution in [2.45, 2.75) is 20.1 Å². The van der Waals surface area contributed by atoms with E-state index in [1.54, 1.807) is 55.7 Å². The summed E-state index contributed by atoms with van der Waals surface area (Å²) in [7, 11) is 0. The van der Waals surface area contributed by atoms with E-state index in [4.69, 9.17) is 4.74 Å². The predicted octanol–water partition coefficient (Wildman–Crippen LogP) is 5.12. The van der Waals surface area contributed by atoms with Crippen LogP contribution >= 0.6 is 0 Å². The van der Waals surface area contributed by atoms with Crippen molar-refractivity contribution in [2.75, 3.05) is 11.5 Å². The maximum atomic E-state index is 12.7. The monoisotopic (exact) mass is 414 g/mol. The molecule has 8 heteroatoms. The Bertz CT molecular complexity index is 999. The molecule has 0 radical (unpaired) electrons. The second-order valence-corrected chi connectivity index (χ2v) is 6.25. The van der Waals surface area contributed by atoms with Gasteiger partial charge in [-0.05, 0) is 48.9 Å². The van der Waals surface area contributed by atoms with Gasteiger partial charge in [-0.3, -0.25) is 4.98 Å². The molecule has 30 heavy (non-hydrogen) atoms. The summed E-state index contributed by atoms with van der Waals surface area (Å²) in [5.74, 6) is -0.953. The first-order valence-corrected chi connectivity index (χ1v) is 9.19. The number of carboxylic acid groups (broad SMARTS) is 1. The summed E-state index contributed by atoms with van der Waals surface area (Å²) in [6.45, 7) is -0.603. The van der Waals surface area contributed by atoms with E-state index in [0.29, 0.717) is 17.9 Å². The fourth-order valence-electron chi connectivity index (χ4n) is 2.94. The van der Waals surface area contributed by atoms with Gasteiger partial charge in [-0.15, -0.1) is 0 Å². The molecule has 3 aromatic rings. The van der Waals surface area contributed by atoms with Gasteiger partial charge in [0.2, 0.25) is 0 Å². The van der Waals surface area contributed by atoms with Crippen molar-refractivity contribution in [3.63, 3.8) is 0 Å². The van der Waals surface area contributed by atoms with Gasteiger partial charge in [0.1, 0.15) is 0 Å². The van der Waals surface area contributed by atoms with Crippen LogP contribution in [0.25, 0.3) is 0 Å². The molecule has 0 unspecified atom stereocenters. The van der Waals surface area contributed by atoms with E-state index in [1.165, 1.54) is 12.1 Å². The van der Waals surface area contributed by atoms with Crippen LogP contribution in [0.3, 0.4) is 0 Å². The number of pyridine rings is 1. The number of ether oxygens (including phenoxy) is 2. The zero-order valence-corrected chi connectivity index (χ0v) is 16.2. The minimum Gasteiger partial charge on any atom is -0.490 e. The second kappa shape index (κ2) is 9.69. The highest BCUT2D eigenvalue weighted by molar-refractivity contribution is 5.89. The highest BCUT2D eigenvalue weighted by atomic mass is 19.3. The van der Waals surface area contributed by atoms with Crippen LogP contribution in [0.2, 0.25) is 0 Å². The Morgan fingerprint density at radius 3 is 2.57 bits per heavy atom. The number of carbonyl (C=O) groups is 1. The summed E-state index contributed by atoms with van der Waals surface area (Å²) >= 11 is 0. The summed E-state index contributed by atoms with van der Waals surface area (Å²) in [6.07, 6.45) is 3.36. The Balaban J connectivity index is 2.06. The molecule has 3 rings (SSSR count). The lowest BCUT2D eigenvalue weighted by Gasteiger charge is -2.26. The summed E-state index contributed by atoms with van der Waals surface area (Å²) in [5, 5.41) is 9.35. The first-order valence-electron chi connectivity index (χ1n) is 9.19. The number of aromatic carboxylic acids is 1. The fourth-order valence-corrected chi connectivity index (χ4v) is 2.94. The molecule has 0 bridgehead atoms. The number of benzene rings is 2. The van der Waals surface area contributed by atoms with Crippen molar-refractivity contribution >= 4 is 17.3 Å². The van der Waals surface area contributed by atoms with Crippen LogP contribution in [-0.4, -0.2) is 29.3 Å². The van der Waals surface area contributed by atoms with E-state index < -0.39 is 12.6 Å². The molecule has 0 aliphatic rings. The topological polar surface area (TPSA) is 71.9 Å². The average Bonchev–Trinajstić information content (AvgIpc) is 2.74. The second-order valence-electron chi connectivity index (χ2n) is 6.25. The smallest absolute Gasteiger partial charge is 0.387 e. The molecule has 1 heterocycles. The van der Waals surface area contributed by atoms with E-state index >= 15 is 0 Å². The standard InChI is InChI=1S/C22H20F2N2O4/c1-2-29-20-12-18(8-9-19(20)30-22(23)24)26(14-15-5-4-10-25-13-15)17-7-3-6-16(11-17)21(27)28/h3-13,22H,2,14H2,1H3,(H,27,28). The number of carboxylic acids is 1. The van der Waals surface area contributed by atoms with Gasteiger partial charge in [-0.2, -0.15) is 8.78 Å². The van der Waals surface area contributed by atoms with Crippen LogP contribution in [0.4, 0.5) is 20.2 Å². The Labute approximate surface area is 172 Å². The molecular formula is C22H20F2N2O4. The van der Waals surface area contributed by atoms with Crippen LogP contribution in [0.5, 0.6) is 11.5 Å². The molecule has 0 saturated carbocycles. The van der Waals surface area contributed by atoms with Gasteiger partial charge in [0.15, 0.2) is 11.5 Å². The van der Waals surface area contributed by atoms with E-state index in [2.05, 4.69) is 9.72 Å². The van der Waals surface area contributed by atoms with Gasteiger partial charge < -0.3 is 19.5 Å². The molecular weight excluding hydrogens is 394 g/mol. The normalized spacial score (nSPS) is 10.7. The third-order valence-electron chi connectivity index (χ3n) is 4.22. The van der Waals surface area contributed by atoms with E-state index in [0.717, 1.165) is 5.56 Å². The van der Waals surface area contributed by atoms with Crippen molar-refractivity contribution < 1.29 is 28.2 Å². The lowest BCUT2D eigenvalue weighted by atomic mass is 10.1. The predicted molar refractivity (Wildman–Crippen MR) is 108 cm³/mol. The number of anilines is 2. The lowest BCUT2D eigenvalue weighted by molar-refractivity contribution is -0.0514. The quantitative estimate of drug-likeness (QED) is 0.524. The number of alkyl halides is 2. The number of aromatic nitrogens is 1. The Morgan fingerprint density at radius 2 is 1.90 bits per heavy atom. The molecule has 0 amide bonds. The molecule has 156 valence electrons. The van der Waals surface area contributed by atoms with Crippen LogP contribution < -0.4 is 14.4 Å². The van der Waals surface area contributed by atoms with Crippen molar-refractivity contribution in [3.05, 3.63) is 78.1 Å². The van der Waals surface area contributed by atoms with Crippen LogP contribution in [0.15, 0.2) is 67.0 Å². The third kappa shape index (κ3) is 5.22. The Hall–Kier alpha value is -3.68. The van der Waals surface area contributed by atoms with Crippen LogP contribution in [0.1, 0.15) is 22.8 Å². The number of nitrogens with zero attached hydrogens (tertiary/aromatic N) is 2. The van der Waals surface area contributed by atoms with Gasteiger partial charge in [0, 0.05) is 36.4 Å². The Kier molecular flexibility index (Phi) is 6.79. The van der Waals surface area contributed by atoms with E-state index in [-0.39, 0.29) is 23.7 Å². The number of hydrogen-bond acceptors (Lipinski definition) is 5. The summed E-state index contributed by atoms with van der Waals surface area (Å²) in [4.78, 5) is 17.4. The minimum absolute atomic E-state index is 0.0729. The molecule has 0 aliphatic carbocycles. The van der Waals surface area contributed by atoms with Crippen molar-refractivity contribution in [1.82, 2.24) is 4.98 Å². The molecule has 0 atom stereocenters. The van der Waals surface area contributed by atoms with Gasteiger partial charge in [-0.25, -0.2) is 4.79 Å². The molecule has 0 spiro atoms. The highest BCUT2D eigenvalue weighted by Crippen LogP contribution is 2.36. The van der Waals surface area contributed by atoms with Crippen molar-refractivity contribution in [1.29, 1.82) is 0 Å². The number of rotatable bonds is 9. The largest absolute Gasteiger partial charge is 0.490 e. The zero-order valence-electron chi connectivity index (χ0n) is 16.2. The van der Waals surface area contributed by atoms with Gasteiger partial charge in [-0.1, -0.05) is 12.1 Å². The molecule has 0 fully saturated rings. The first-order chi connectivity index (χ1) is 14.5. The van der Waals surface area contributed by atoms with Crippen molar-refractivity contribution in [3.8, 4) is 11.5 Å². The molecule has 1 aromatic heterocycles. The maximum Gasteiger partial charge on any atom is 0.387 e. The first kappa shape index (κ1) is 21.0. The summed E-state index contributed by atoms with van der Waals surface area (Å²) < 4.78 is 35.5. The molecule has 2 aromatic carbocycles. The SMILES string of the molecule is CCOc1cc(N(Cc2cccnc2)c2cccc(C(=O)O)c2)ccc1OC(F)F. The third-order valence-corrected chi connectivity index (χ3v) is 4.22.